The van der Waals surface area contributed by atoms with Crippen LogP contribution < -0.4 is 0 Å². The van der Waals surface area contributed by atoms with E-state index in [9.17, 15) is 0 Å². The third-order valence-corrected chi connectivity index (χ3v) is 2.35. The number of rotatable bonds is 5. The summed E-state index contributed by atoms with van der Waals surface area (Å²) in [6, 6.07) is 0. The highest BCUT2D eigenvalue weighted by Crippen LogP contribution is 2.08. The van der Waals surface area contributed by atoms with Gasteiger partial charge in [-0.1, -0.05) is 37.8 Å². The van der Waals surface area contributed by atoms with E-state index in [1.807, 2.05) is 0 Å². The Hall–Kier alpha value is -0.0200. The second-order valence-electron chi connectivity index (χ2n) is 2.05. The molecule has 0 fully saturated rings. The first-order valence-electron chi connectivity index (χ1n) is 3.71. The zero-order valence-electron chi connectivity index (χ0n) is 6.84. The van der Waals surface area contributed by atoms with Gasteiger partial charge in [0, 0.05) is 5.75 Å². The molecular weight excluding hydrogens is 176 g/mol. The average molecular weight is 190 g/mol. The fourth-order valence-electron chi connectivity index (χ4n) is 0.468. The van der Waals surface area contributed by atoms with Gasteiger partial charge in [-0.15, -0.1) is 0 Å². The van der Waals surface area contributed by atoms with E-state index in [1.165, 1.54) is 12.8 Å². The van der Waals surface area contributed by atoms with Crippen LogP contribution in [0.4, 0.5) is 0 Å². The van der Waals surface area contributed by atoms with Gasteiger partial charge in [-0.05, 0) is 18.6 Å². The molecule has 0 spiro atoms. The molecule has 64 valence electrons. The summed E-state index contributed by atoms with van der Waals surface area (Å²) in [4.78, 5) is 0. The van der Waals surface area contributed by atoms with Crippen LogP contribution in [0.25, 0.3) is 0 Å². The molecule has 0 radical (unpaired) electrons. The fraction of sp³-hybridized carbons (Fsp3) is 0.625. The van der Waals surface area contributed by atoms with Crippen molar-refractivity contribution in [3.8, 4) is 0 Å². The highest BCUT2D eigenvalue weighted by molar-refractivity contribution is 8.22. The summed E-state index contributed by atoms with van der Waals surface area (Å²) in [6.07, 6.45) is 4.10. The van der Waals surface area contributed by atoms with Crippen molar-refractivity contribution in [3.05, 3.63) is 12.7 Å². The van der Waals surface area contributed by atoms with Crippen molar-refractivity contribution >= 4 is 28.4 Å². The molecule has 0 aliphatic rings. The van der Waals surface area contributed by atoms with Gasteiger partial charge < -0.3 is 4.74 Å². The van der Waals surface area contributed by atoms with Gasteiger partial charge in [0.2, 0.25) is 4.38 Å². The molecule has 11 heavy (non-hydrogen) atoms. The quantitative estimate of drug-likeness (QED) is 0.375. The minimum absolute atomic E-state index is 0.526. The van der Waals surface area contributed by atoms with Crippen LogP contribution in [0.3, 0.4) is 0 Å². The molecule has 0 aliphatic carbocycles. The standard InChI is InChI=1S/C8H14OS2/c1-3-5-7-11-8(10)9-6-4-2/h4H,2-3,5-7H2,1H3. The lowest BCUT2D eigenvalue weighted by Crippen LogP contribution is -1.97. The monoisotopic (exact) mass is 190 g/mol. The Morgan fingerprint density at radius 1 is 1.73 bits per heavy atom. The molecule has 0 aromatic rings. The Morgan fingerprint density at radius 3 is 3.00 bits per heavy atom. The maximum Gasteiger partial charge on any atom is 0.220 e. The van der Waals surface area contributed by atoms with Crippen LogP contribution in [0.5, 0.6) is 0 Å². The van der Waals surface area contributed by atoms with Gasteiger partial charge in [0.25, 0.3) is 0 Å². The van der Waals surface area contributed by atoms with Crippen molar-refractivity contribution in [2.45, 2.75) is 19.8 Å². The van der Waals surface area contributed by atoms with Gasteiger partial charge in [0.15, 0.2) is 0 Å². The Kier molecular flexibility index (Phi) is 8.07. The lowest BCUT2D eigenvalue weighted by atomic mass is 10.4. The van der Waals surface area contributed by atoms with E-state index in [1.54, 1.807) is 17.8 Å². The van der Waals surface area contributed by atoms with Gasteiger partial charge in [0.1, 0.15) is 6.61 Å². The van der Waals surface area contributed by atoms with Crippen LogP contribution in [-0.2, 0) is 4.74 Å². The first-order valence-corrected chi connectivity index (χ1v) is 5.11. The predicted octanol–water partition coefficient (Wildman–Crippen LogP) is 3.01. The second kappa shape index (κ2) is 8.08. The smallest absolute Gasteiger partial charge is 0.220 e. The summed E-state index contributed by atoms with van der Waals surface area (Å²) in [5.74, 6) is 1.06. The van der Waals surface area contributed by atoms with Crippen molar-refractivity contribution in [1.82, 2.24) is 0 Å². The fourth-order valence-corrected chi connectivity index (χ4v) is 1.54. The highest BCUT2D eigenvalue weighted by Gasteiger charge is 1.95. The lowest BCUT2D eigenvalue weighted by Gasteiger charge is -2.02. The maximum atomic E-state index is 5.11. The number of hydrogen-bond acceptors (Lipinski definition) is 3. The molecule has 0 saturated carbocycles. The third kappa shape index (κ3) is 7.88. The first-order chi connectivity index (χ1) is 5.31. The van der Waals surface area contributed by atoms with Crippen molar-refractivity contribution in [2.75, 3.05) is 12.4 Å². The normalized spacial score (nSPS) is 9.18. The number of hydrogen-bond donors (Lipinski definition) is 0. The van der Waals surface area contributed by atoms with E-state index >= 15 is 0 Å². The molecule has 0 saturated heterocycles. The van der Waals surface area contributed by atoms with Crippen LogP contribution in [-0.4, -0.2) is 16.7 Å². The van der Waals surface area contributed by atoms with Gasteiger partial charge in [-0.2, -0.15) is 0 Å². The van der Waals surface area contributed by atoms with E-state index in [2.05, 4.69) is 13.5 Å². The van der Waals surface area contributed by atoms with Crippen LogP contribution in [0.1, 0.15) is 19.8 Å². The molecule has 0 aliphatic heterocycles. The van der Waals surface area contributed by atoms with Crippen LogP contribution >= 0.6 is 24.0 Å². The molecule has 0 atom stereocenters. The molecule has 0 heterocycles. The molecule has 0 rings (SSSR count). The molecule has 0 amide bonds. The Balaban J connectivity index is 3.15. The van der Waals surface area contributed by atoms with Crippen molar-refractivity contribution in [3.63, 3.8) is 0 Å². The number of thioether (sulfide) groups is 1. The molecule has 0 aromatic heterocycles. The number of thiocarbonyl (C=S) groups is 1. The van der Waals surface area contributed by atoms with E-state index in [0.29, 0.717) is 11.0 Å². The van der Waals surface area contributed by atoms with Crippen molar-refractivity contribution < 1.29 is 4.74 Å². The number of unbranched alkanes of at least 4 members (excludes halogenated alkanes) is 1. The molecule has 0 unspecified atom stereocenters. The first kappa shape index (κ1) is 11.0. The summed E-state index contributed by atoms with van der Waals surface area (Å²) in [6.45, 7) is 6.22. The van der Waals surface area contributed by atoms with Crippen molar-refractivity contribution in [2.24, 2.45) is 0 Å². The van der Waals surface area contributed by atoms with Crippen LogP contribution in [0.15, 0.2) is 12.7 Å². The molecular formula is C8H14OS2. The van der Waals surface area contributed by atoms with Gasteiger partial charge in [-0.3, -0.25) is 0 Å². The Morgan fingerprint density at radius 2 is 2.45 bits per heavy atom. The Labute approximate surface area is 78.2 Å². The van der Waals surface area contributed by atoms with E-state index in [4.69, 9.17) is 17.0 Å². The molecule has 0 N–H and O–H groups in total. The second-order valence-corrected chi connectivity index (χ2v) is 3.75. The summed E-state index contributed by atoms with van der Waals surface area (Å²) < 4.78 is 5.75. The largest absolute Gasteiger partial charge is 0.474 e. The minimum atomic E-state index is 0.526. The lowest BCUT2D eigenvalue weighted by molar-refractivity contribution is 0.371. The van der Waals surface area contributed by atoms with E-state index in [-0.39, 0.29) is 0 Å². The minimum Gasteiger partial charge on any atom is -0.474 e. The zero-order chi connectivity index (χ0) is 8.53. The Bertz CT molecular complexity index is 123. The molecule has 0 bridgehead atoms. The highest BCUT2D eigenvalue weighted by atomic mass is 32.2. The zero-order valence-corrected chi connectivity index (χ0v) is 8.47. The molecule has 3 heteroatoms. The average Bonchev–Trinajstić information content (AvgIpc) is 2.01. The topological polar surface area (TPSA) is 9.23 Å². The van der Waals surface area contributed by atoms with Gasteiger partial charge >= 0.3 is 0 Å². The predicted molar refractivity (Wildman–Crippen MR) is 56.1 cm³/mol. The summed E-state index contributed by atoms with van der Waals surface area (Å²) in [5.41, 5.74) is 0. The van der Waals surface area contributed by atoms with Crippen molar-refractivity contribution in [1.29, 1.82) is 0 Å². The molecule has 1 nitrogen and oxygen atoms in total. The molecule has 0 aromatic carbocycles. The summed E-state index contributed by atoms with van der Waals surface area (Å²) in [5, 5.41) is 0. The SMILES string of the molecule is C=CCOC(=S)SCCCC. The summed E-state index contributed by atoms with van der Waals surface area (Å²) in [7, 11) is 0. The van der Waals surface area contributed by atoms with Gasteiger partial charge in [-0.25, -0.2) is 0 Å². The summed E-state index contributed by atoms with van der Waals surface area (Å²) >= 11 is 6.53. The van der Waals surface area contributed by atoms with Gasteiger partial charge in [0.05, 0.1) is 0 Å². The third-order valence-electron chi connectivity index (χ3n) is 1.04. The van der Waals surface area contributed by atoms with Crippen LogP contribution in [0.2, 0.25) is 0 Å². The number of ether oxygens (including phenoxy) is 1. The maximum absolute atomic E-state index is 5.11. The van der Waals surface area contributed by atoms with Crippen LogP contribution in [0, 0.1) is 0 Å². The van der Waals surface area contributed by atoms with E-state index < -0.39 is 0 Å². The van der Waals surface area contributed by atoms with E-state index in [0.717, 1.165) is 5.75 Å².